The van der Waals surface area contributed by atoms with Gasteiger partial charge in [0.05, 0.1) is 25.1 Å². The quantitative estimate of drug-likeness (QED) is 0.802. The van der Waals surface area contributed by atoms with Crippen molar-refractivity contribution < 1.29 is 14.3 Å². The highest BCUT2D eigenvalue weighted by atomic mass is 35.5. The molecular weight excluding hydrogens is 280 g/mol. The molecule has 6 heteroatoms. The molecule has 0 unspecified atom stereocenters. The number of methoxy groups -OCH3 is 1. The van der Waals surface area contributed by atoms with Gasteiger partial charge in [-0.3, -0.25) is 4.90 Å². The lowest BCUT2D eigenvalue weighted by Crippen LogP contribution is -2.45. The number of alkyl halides is 1. The fourth-order valence-corrected chi connectivity index (χ4v) is 2.50. The van der Waals surface area contributed by atoms with Crippen LogP contribution in [0.5, 0.6) is 5.75 Å². The van der Waals surface area contributed by atoms with Gasteiger partial charge in [0.25, 0.3) is 0 Å². The molecule has 0 aliphatic carbocycles. The fourth-order valence-electron chi connectivity index (χ4n) is 2.30. The van der Waals surface area contributed by atoms with E-state index in [0.717, 1.165) is 24.5 Å². The van der Waals surface area contributed by atoms with Crippen LogP contribution in [-0.4, -0.2) is 45.3 Å². The molecular formula is C14H19ClN2O3. The second-order valence-corrected chi connectivity index (χ2v) is 4.76. The summed E-state index contributed by atoms with van der Waals surface area (Å²) in [4.78, 5) is 15.9. The van der Waals surface area contributed by atoms with Gasteiger partial charge in [-0.1, -0.05) is 0 Å². The monoisotopic (exact) mass is 298 g/mol. The number of carbonyl (C=O) groups excluding carboxylic acids is 1. The lowest BCUT2D eigenvalue weighted by Gasteiger charge is -2.37. The van der Waals surface area contributed by atoms with E-state index in [1.54, 1.807) is 18.9 Å². The summed E-state index contributed by atoms with van der Waals surface area (Å²) in [6.45, 7) is 4.23. The molecule has 0 saturated carbocycles. The number of fused-ring (bicyclic) bond motifs is 1. The number of carbonyl (C=O) groups is 1. The summed E-state index contributed by atoms with van der Waals surface area (Å²) in [6, 6.07) is 5.69. The van der Waals surface area contributed by atoms with Crippen LogP contribution in [0, 0.1) is 0 Å². The predicted octanol–water partition coefficient (Wildman–Crippen LogP) is 2.72. The van der Waals surface area contributed by atoms with Crippen LogP contribution in [0.4, 0.5) is 16.2 Å². The molecule has 0 fully saturated rings. The highest BCUT2D eigenvalue weighted by Gasteiger charge is 2.27. The number of halogens is 1. The Morgan fingerprint density at radius 1 is 1.35 bits per heavy atom. The van der Waals surface area contributed by atoms with Gasteiger partial charge in [0.15, 0.2) is 0 Å². The summed E-state index contributed by atoms with van der Waals surface area (Å²) in [5, 5.41) is 0. The molecule has 0 radical (unpaired) electrons. The van der Waals surface area contributed by atoms with E-state index in [-0.39, 0.29) is 6.09 Å². The largest absolute Gasteiger partial charge is 0.497 e. The number of benzene rings is 1. The van der Waals surface area contributed by atoms with Crippen LogP contribution in [-0.2, 0) is 4.74 Å². The highest BCUT2D eigenvalue weighted by molar-refractivity contribution is 6.18. The van der Waals surface area contributed by atoms with Gasteiger partial charge in [-0.2, -0.15) is 0 Å². The summed E-state index contributed by atoms with van der Waals surface area (Å²) in [6.07, 6.45) is -0.326. The van der Waals surface area contributed by atoms with E-state index in [1.165, 1.54) is 0 Å². The Morgan fingerprint density at radius 2 is 2.15 bits per heavy atom. The van der Waals surface area contributed by atoms with Crippen LogP contribution in [0.1, 0.15) is 6.92 Å². The van der Waals surface area contributed by atoms with Gasteiger partial charge in [-0.15, -0.1) is 11.6 Å². The molecule has 1 aromatic rings. The summed E-state index contributed by atoms with van der Waals surface area (Å²) in [7, 11) is 1.61. The molecule has 1 aliphatic rings. The van der Waals surface area contributed by atoms with Gasteiger partial charge < -0.3 is 14.4 Å². The first-order valence-electron chi connectivity index (χ1n) is 6.64. The number of hydrogen-bond donors (Lipinski definition) is 0. The molecule has 110 valence electrons. The summed E-state index contributed by atoms with van der Waals surface area (Å²) < 4.78 is 10.3. The molecule has 5 nitrogen and oxygen atoms in total. The van der Waals surface area contributed by atoms with Crippen LogP contribution in [0.25, 0.3) is 0 Å². The van der Waals surface area contributed by atoms with E-state index in [9.17, 15) is 4.79 Å². The second kappa shape index (κ2) is 6.70. The molecule has 1 heterocycles. The maximum absolute atomic E-state index is 12.0. The minimum absolute atomic E-state index is 0.326. The molecule has 2 rings (SSSR count). The van der Waals surface area contributed by atoms with Crippen LogP contribution in [0.15, 0.2) is 18.2 Å². The Morgan fingerprint density at radius 3 is 2.80 bits per heavy atom. The Kier molecular flexibility index (Phi) is 4.95. The van der Waals surface area contributed by atoms with Gasteiger partial charge in [0.1, 0.15) is 5.75 Å². The minimum atomic E-state index is -0.326. The third kappa shape index (κ3) is 2.93. The standard InChI is InChI=1S/C14H19ClN2O3/c1-3-20-14(18)17-9-8-16(7-6-15)12-5-4-11(19-2)10-13(12)17/h4-5,10H,3,6-9H2,1-2H3. The Bertz CT molecular complexity index is 481. The van der Waals surface area contributed by atoms with Gasteiger partial charge in [-0.25, -0.2) is 4.79 Å². The normalized spacial score (nSPS) is 13.9. The van der Waals surface area contributed by atoms with Gasteiger partial charge >= 0.3 is 6.09 Å². The second-order valence-electron chi connectivity index (χ2n) is 4.38. The van der Waals surface area contributed by atoms with Crippen molar-refractivity contribution in [2.45, 2.75) is 6.92 Å². The number of anilines is 2. The zero-order valence-electron chi connectivity index (χ0n) is 11.8. The van der Waals surface area contributed by atoms with Crippen molar-refractivity contribution in [3.63, 3.8) is 0 Å². The number of ether oxygens (including phenoxy) is 2. The van der Waals surface area contributed by atoms with Crippen molar-refractivity contribution in [1.82, 2.24) is 0 Å². The van der Waals surface area contributed by atoms with Crippen molar-refractivity contribution in [2.24, 2.45) is 0 Å². The predicted molar refractivity (Wildman–Crippen MR) is 80.3 cm³/mol. The number of amides is 1. The van der Waals surface area contributed by atoms with Crippen molar-refractivity contribution in [2.75, 3.05) is 49.0 Å². The molecule has 1 aromatic carbocycles. The van der Waals surface area contributed by atoms with E-state index in [4.69, 9.17) is 21.1 Å². The van der Waals surface area contributed by atoms with Crippen molar-refractivity contribution >= 4 is 29.1 Å². The van der Waals surface area contributed by atoms with E-state index in [1.807, 2.05) is 18.2 Å². The van der Waals surface area contributed by atoms with E-state index >= 15 is 0 Å². The Balaban J connectivity index is 2.36. The van der Waals surface area contributed by atoms with Crippen molar-refractivity contribution in [3.8, 4) is 5.75 Å². The first kappa shape index (κ1) is 14.8. The SMILES string of the molecule is CCOC(=O)N1CCN(CCCl)c2ccc(OC)cc21. The molecule has 0 aromatic heterocycles. The topological polar surface area (TPSA) is 42.0 Å². The molecule has 0 N–H and O–H groups in total. The van der Waals surface area contributed by atoms with Crippen LogP contribution in [0.3, 0.4) is 0 Å². The molecule has 1 aliphatic heterocycles. The molecule has 0 spiro atoms. The van der Waals surface area contributed by atoms with E-state index in [2.05, 4.69) is 4.90 Å². The molecule has 0 atom stereocenters. The lowest BCUT2D eigenvalue weighted by atomic mass is 10.1. The fraction of sp³-hybridized carbons (Fsp3) is 0.500. The smallest absolute Gasteiger partial charge is 0.414 e. The number of rotatable bonds is 4. The Hall–Kier alpha value is -1.62. The number of hydrogen-bond acceptors (Lipinski definition) is 4. The molecule has 1 amide bonds. The minimum Gasteiger partial charge on any atom is -0.497 e. The average molecular weight is 299 g/mol. The summed E-state index contributed by atoms with van der Waals surface area (Å²) in [5.41, 5.74) is 1.78. The van der Waals surface area contributed by atoms with Gasteiger partial charge in [0.2, 0.25) is 0 Å². The third-order valence-corrected chi connectivity index (χ3v) is 3.42. The van der Waals surface area contributed by atoms with Crippen LogP contribution < -0.4 is 14.5 Å². The van der Waals surface area contributed by atoms with Gasteiger partial charge in [0, 0.05) is 31.6 Å². The van der Waals surface area contributed by atoms with Crippen molar-refractivity contribution in [1.29, 1.82) is 0 Å². The zero-order chi connectivity index (χ0) is 14.5. The van der Waals surface area contributed by atoms with E-state index < -0.39 is 0 Å². The first-order chi connectivity index (χ1) is 9.71. The lowest BCUT2D eigenvalue weighted by molar-refractivity contribution is 0.159. The van der Waals surface area contributed by atoms with Crippen LogP contribution in [0.2, 0.25) is 0 Å². The maximum atomic E-state index is 12.0. The van der Waals surface area contributed by atoms with Gasteiger partial charge in [-0.05, 0) is 19.1 Å². The third-order valence-electron chi connectivity index (χ3n) is 3.25. The van der Waals surface area contributed by atoms with Crippen LogP contribution >= 0.6 is 11.6 Å². The Labute approximate surface area is 124 Å². The zero-order valence-corrected chi connectivity index (χ0v) is 12.5. The molecule has 0 bridgehead atoms. The number of nitrogens with zero attached hydrogens (tertiary/aromatic N) is 2. The summed E-state index contributed by atoms with van der Waals surface area (Å²) >= 11 is 5.84. The van der Waals surface area contributed by atoms with Crippen molar-refractivity contribution in [3.05, 3.63) is 18.2 Å². The maximum Gasteiger partial charge on any atom is 0.414 e. The average Bonchev–Trinajstić information content (AvgIpc) is 2.47. The highest BCUT2D eigenvalue weighted by Crippen LogP contribution is 2.36. The molecule has 20 heavy (non-hydrogen) atoms. The van der Waals surface area contributed by atoms with E-state index in [0.29, 0.717) is 24.8 Å². The molecule has 0 saturated heterocycles. The summed E-state index contributed by atoms with van der Waals surface area (Å²) in [5.74, 6) is 1.26. The first-order valence-corrected chi connectivity index (χ1v) is 7.18.